The second-order valence-electron chi connectivity index (χ2n) is 4.51. The molecule has 2 atom stereocenters. The van der Waals surface area contributed by atoms with Crippen LogP contribution < -0.4 is 14.8 Å². The highest BCUT2D eigenvalue weighted by molar-refractivity contribution is 5.45. The minimum atomic E-state index is 0.175. The highest BCUT2D eigenvalue weighted by Crippen LogP contribution is 2.34. The van der Waals surface area contributed by atoms with E-state index >= 15 is 0 Å². The Bertz CT molecular complexity index is 395. The Morgan fingerprint density at radius 1 is 1.33 bits per heavy atom. The maximum Gasteiger partial charge on any atom is 0.231 e. The molecule has 0 saturated heterocycles. The smallest absolute Gasteiger partial charge is 0.231 e. The van der Waals surface area contributed by atoms with Gasteiger partial charge in [-0.25, -0.2) is 0 Å². The van der Waals surface area contributed by atoms with Gasteiger partial charge in [-0.15, -0.1) is 0 Å². The van der Waals surface area contributed by atoms with Crippen molar-refractivity contribution in [3.8, 4) is 11.5 Å². The molecule has 0 spiro atoms. The molecule has 0 fully saturated rings. The number of ether oxygens (including phenoxy) is 3. The molecule has 4 nitrogen and oxygen atoms in total. The molecule has 100 valence electrons. The summed E-state index contributed by atoms with van der Waals surface area (Å²) in [6.45, 7) is 5.18. The fourth-order valence-corrected chi connectivity index (χ4v) is 1.85. The topological polar surface area (TPSA) is 39.7 Å². The Morgan fingerprint density at radius 2 is 2.11 bits per heavy atom. The van der Waals surface area contributed by atoms with Gasteiger partial charge in [0.2, 0.25) is 6.79 Å². The van der Waals surface area contributed by atoms with Crippen LogP contribution in [0, 0.1) is 0 Å². The second kappa shape index (κ2) is 6.07. The van der Waals surface area contributed by atoms with Crippen molar-refractivity contribution in [2.24, 2.45) is 0 Å². The van der Waals surface area contributed by atoms with Gasteiger partial charge in [-0.1, -0.05) is 13.0 Å². The summed E-state index contributed by atoms with van der Waals surface area (Å²) in [7, 11) is 1.94. The predicted octanol–water partition coefficient (Wildman–Crippen LogP) is 2.49. The van der Waals surface area contributed by atoms with Gasteiger partial charge in [0.05, 0.1) is 18.8 Å². The maximum absolute atomic E-state index is 5.78. The molecule has 18 heavy (non-hydrogen) atoms. The number of hydrogen-bond donors (Lipinski definition) is 1. The molecule has 0 bridgehead atoms. The van der Waals surface area contributed by atoms with Crippen LogP contribution in [-0.2, 0) is 4.74 Å². The summed E-state index contributed by atoms with van der Waals surface area (Å²) in [5.41, 5.74) is 1.16. The van der Waals surface area contributed by atoms with E-state index in [0.717, 1.165) is 23.5 Å². The summed E-state index contributed by atoms with van der Waals surface area (Å²) in [5.74, 6) is 1.63. The quantitative estimate of drug-likeness (QED) is 0.843. The van der Waals surface area contributed by atoms with Gasteiger partial charge in [0.1, 0.15) is 0 Å². The summed E-state index contributed by atoms with van der Waals surface area (Å²) in [6.07, 6.45) is 1.31. The van der Waals surface area contributed by atoms with Crippen LogP contribution >= 0.6 is 0 Å². The first-order valence-electron chi connectivity index (χ1n) is 6.43. The fourth-order valence-electron chi connectivity index (χ4n) is 1.85. The van der Waals surface area contributed by atoms with E-state index in [4.69, 9.17) is 14.2 Å². The molecular weight excluding hydrogens is 230 g/mol. The third kappa shape index (κ3) is 2.94. The first-order chi connectivity index (χ1) is 8.74. The third-order valence-corrected chi connectivity index (χ3v) is 3.27. The van der Waals surface area contributed by atoms with Crippen LogP contribution in [0.2, 0.25) is 0 Å². The normalized spacial score (nSPS) is 16.6. The highest BCUT2D eigenvalue weighted by Gasteiger charge is 2.17. The first kappa shape index (κ1) is 13.2. The molecule has 1 aromatic rings. The fraction of sp³-hybridized carbons (Fsp3) is 0.571. The zero-order valence-electron chi connectivity index (χ0n) is 11.2. The van der Waals surface area contributed by atoms with Crippen molar-refractivity contribution in [1.82, 2.24) is 5.32 Å². The van der Waals surface area contributed by atoms with Gasteiger partial charge >= 0.3 is 0 Å². The van der Waals surface area contributed by atoms with Gasteiger partial charge in [0, 0.05) is 0 Å². The van der Waals surface area contributed by atoms with E-state index in [0.29, 0.717) is 13.4 Å². The molecule has 0 radical (unpaired) electrons. The lowest BCUT2D eigenvalue weighted by Gasteiger charge is -2.19. The van der Waals surface area contributed by atoms with Crippen LogP contribution in [0.3, 0.4) is 0 Å². The number of likely N-dealkylation sites (N-methyl/N-ethyl adjacent to an activating group) is 1. The second-order valence-corrected chi connectivity index (χ2v) is 4.51. The van der Waals surface area contributed by atoms with E-state index in [1.807, 2.05) is 19.2 Å². The summed E-state index contributed by atoms with van der Waals surface area (Å²) >= 11 is 0. The Hall–Kier alpha value is -1.26. The van der Waals surface area contributed by atoms with E-state index < -0.39 is 0 Å². The lowest BCUT2D eigenvalue weighted by molar-refractivity contribution is 0.0487. The Labute approximate surface area is 108 Å². The van der Waals surface area contributed by atoms with Crippen molar-refractivity contribution in [3.63, 3.8) is 0 Å². The molecule has 1 N–H and O–H groups in total. The number of fused-ring (bicyclic) bond motifs is 1. The number of rotatable bonds is 6. The number of benzene rings is 1. The Kier molecular flexibility index (Phi) is 4.44. The molecule has 1 heterocycles. The summed E-state index contributed by atoms with van der Waals surface area (Å²) in [6, 6.07) is 6.19. The van der Waals surface area contributed by atoms with Gasteiger partial charge < -0.3 is 19.5 Å². The summed E-state index contributed by atoms with van der Waals surface area (Å²) in [4.78, 5) is 0. The van der Waals surface area contributed by atoms with Crippen molar-refractivity contribution >= 4 is 0 Å². The molecule has 2 unspecified atom stereocenters. The van der Waals surface area contributed by atoms with Gasteiger partial charge in [-0.3, -0.25) is 0 Å². The standard InChI is InChI=1S/C14H21NO3/c1-4-10(2)16-8-12(15-3)11-5-6-13-14(7-11)18-9-17-13/h5-7,10,12,15H,4,8-9H2,1-3H3. The largest absolute Gasteiger partial charge is 0.454 e. The number of hydrogen-bond acceptors (Lipinski definition) is 4. The zero-order valence-corrected chi connectivity index (χ0v) is 11.2. The van der Waals surface area contributed by atoms with Gasteiger partial charge in [-0.2, -0.15) is 0 Å². The minimum absolute atomic E-state index is 0.175. The monoisotopic (exact) mass is 251 g/mol. The van der Waals surface area contributed by atoms with Crippen LogP contribution in [-0.4, -0.2) is 26.6 Å². The summed E-state index contributed by atoms with van der Waals surface area (Å²) in [5, 5.41) is 3.27. The molecule has 2 rings (SSSR count). The molecule has 0 amide bonds. The van der Waals surface area contributed by atoms with E-state index in [1.54, 1.807) is 0 Å². The van der Waals surface area contributed by atoms with Crippen LogP contribution in [0.25, 0.3) is 0 Å². The first-order valence-corrected chi connectivity index (χ1v) is 6.43. The van der Waals surface area contributed by atoms with Crippen LogP contribution in [0.5, 0.6) is 11.5 Å². The molecule has 0 aromatic heterocycles. The molecule has 1 aliphatic rings. The summed E-state index contributed by atoms with van der Waals surface area (Å²) < 4.78 is 16.5. The molecule has 4 heteroatoms. The molecule has 1 aromatic carbocycles. The molecule has 0 aliphatic carbocycles. The van der Waals surface area contributed by atoms with Crippen molar-refractivity contribution < 1.29 is 14.2 Å². The van der Waals surface area contributed by atoms with Crippen molar-refractivity contribution in [2.45, 2.75) is 32.4 Å². The van der Waals surface area contributed by atoms with Crippen LogP contribution in [0.1, 0.15) is 31.9 Å². The van der Waals surface area contributed by atoms with Crippen LogP contribution in [0.4, 0.5) is 0 Å². The van der Waals surface area contributed by atoms with Crippen molar-refractivity contribution in [3.05, 3.63) is 23.8 Å². The molecule has 1 aliphatic heterocycles. The van der Waals surface area contributed by atoms with Gasteiger partial charge in [0.15, 0.2) is 11.5 Å². The van der Waals surface area contributed by atoms with E-state index in [2.05, 4.69) is 25.2 Å². The highest BCUT2D eigenvalue weighted by atomic mass is 16.7. The van der Waals surface area contributed by atoms with E-state index in [9.17, 15) is 0 Å². The zero-order chi connectivity index (χ0) is 13.0. The lowest BCUT2D eigenvalue weighted by Crippen LogP contribution is -2.24. The number of nitrogens with one attached hydrogen (secondary N) is 1. The maximum atomic E-state index is 5.78. The van der Waals surface area contributed by atoms with Crippen molar-refractivity contribution in [2.75, 3.05) is 20.4 Å². The van der Waals surface area contributed by atoms with Crippen LogP contribution in [0.15, 0.2) is 18.2 Å². The molecular formula is C14H21NO3. The predicted molar refractivity (Wildman–Crippen MR) is 70.1 cm³/mol. The molecule has 0 saturated carbocycles. The van der Waals surface area contributed by atoms with E-state index in [-0.39, 0.29) is 12.1 Å². The minimum Gasteiger partial charge on any atom is -0.454 e. The Balaban J connectivity index is 2.03. The van der Waals surface area contributed by atoms with Crippen molar-refractivity contribution in [1.29, 1.82) is 0 Å². The average Bonchev–Trinajstić information content (AvgIpc) is 2.86. The third-order valence-electron chi connectivity index (χ3n) is 3.27. The average molecular weight is 251 g/mol. The van der Waals surface area contributed by atoms with E-state index in [1.165, 1.54) is 0 Å². The van der Waals surface area contributed by atoms with Gasteiger partial charge in [0.25, 0.3) is 0 Å². The SMILES string of the molecule is CCC(C)OCC(NC)c1ccc2c(c1)OCO2. The van der Waals surface area contributed by atoms with Gasteiger partial charge in [-0.05, 0) is 38.1 Å². The Morgan fingerprint density at radius 3 is 2.83 bits per heavy atom. The lowest BCUT2D eigenvalue weighted by atomic mass is 10.1.